The Bertz CT molecular complexity index is 374. The smallest absolute Gasteiger partial charge is 0.237 e. The van der Waals surface area contributed by atoms with Crippen LogP contribution in [0.2, 0.25) is 0 Å². The van der Waals surface area contributed by atoms with E-state index in [9.17, 15) is 4.79 Å². The lowest BCUT2D eigenvalue weighted by Gasteiger charge is -2.41. The van der Waals surface area contributed by atoms with Gasteiger partial charge in [0.15, 0.2) is 6.29 Å². The first kappa shape index (κ1) is 16.2. The molecule has 0 saturated carbocycles. The summed E-state index contributed by atoms with van der Waals surface area (Å²) in [6, 6.07) is 0.775. The molecule has 3 aliphatic rings. The molecule has 3 aliphatic heterocycles. The molecule has 3 heterocycles. The fraction of sp³-hybridized carbons (Fsp3) is 0.941. The van der Waals surface area contributed by atoms with Crippen LogP contribution in [0.5, 0.6) is 0 Å². The van der Waals surface area contributed by atoms with Crippen LogP contribution in [-0.4, -0.2) is 66.9 Å². The molecule has 0 unspecified atom stereocenters. The third-order valence-corrected chi connectivity index (χ3v) is 5.41. The number of hydrogen-bond acceptors (Lipinski definition) is 4. The van der Waals surface area contributed by atoms with E-state index in [-0.39, 0.29) is 6.29 Å². The van der Waals surface area contributed by atoms with Crippen molar-refractivity contribution in [3.8, 4) is 0 Å². The number of piperidine rings is 2. The zero-order valence-electron chi connectivity index (χ0n) is 14.0. The van der Waals surface area contributed by atoms with Gasteiger partial charge in [-0.05, 0) is 52.5 Å². The quantitative estimate of drug-likeness (QED) is 0.798. The Morgan fingerprint density at radius 1 is 1.05 bits per heavy atom. The summed E-state index contributed by atoms with van der Waals surface area (Å²) in [4.78, 5) is 17.2. The molecule has 126 valence electrons. The molecule has 5 nitrogen and oxygen atoms in total. The Morgan fingerprint density at radius 2 is 1.73 bits per heavy atom. The van der Waals surface area contributed by atoms with E-state index < -0.39 is 0 Å². The molecule has 3 atom stereocenters. The van der Waals surface area contributed by atoms with Crippen LogP contribution in [0.4, 0.5) is 0 Å². The van der Waals surface area contributed by atoms with Crippen LogP contribution in [0, 0.1) is 5.92 Å². The van der Waals surface area contributed by atoms with Crippen molar-refractivity contribution in [3.05, 3.63) is 0 Å². The fourth-order valence-corrected chi connectivity index (χ4v) is 4.29. The molecule has 0 aromatic heterocycles. The van der Waals surface area contributed by atoms with E-state index in [1.54, 1.807) is 0 Å². The van der Waals surface area contributed by atoms with Crippen LogP contribution in [0.15, 0.2) is 0 Å². The highest BCUT2D eigenvalue weighted by atomic mass is 16.7. The summed E-state index contributed by atoms with van der Waals surface area (Å²) in [6.07, 6.45) is 5.75. The van der Waals surface area contributed by atoms with E-state index >= 15 is 0 Å². The summed E-state index contributed by atoms with van der Waals surface area (Å²) >= 11 is 0. The molecule has 0 aromatic rings. The lowest BCUT2D eigenvalue weighted by atomic mass is 9.96. The number of likely N-dealkylation sites (tertiary alicyclic amines) is 2. The number of carbonyl (C=O) groups is 1. The second-order valence-corrected chi connectivity index (χ2v) is 7.18. The van der Waals surface area contributed by atoms with Gasteiger partial charge in [-0.25, -0.2) is 0 Å². The molecule has 3 rings (SSSR count). The van der Waals surface area contributed by atoms with Gasteiger partial charge >= 0.3 is 0 Å². The van der Waals surface area contributed by atoms with E-state index in [0.29, 0.717) is 43.7 Å². The zero-order valence-corrected chi connectivity index (χ0v) is 14.0. The molecular formula is C17H30N2O3. The van der Waals surface area contributed by atoms with Gasteiger partial charge in [-0.1, -0.05) is 0 Å². The first-order valence-corrected chi connectivity index (χ1v) is 8.92. The number of nitrogens with zero attached hydrogens (tertiary/aromatic N) is 2. The van der Waals surface area contributed by atoms with Crippen molar-refractivity contribution in [3.63, 3.8) is 0 Å². The highest BCUT2D eigenvalue weighted by molar-refractivity contribution is 5.79. The van der Waals surface area contributed by atoms with Crippen molar-refractivity contribution in [2.24, 2.45) is 5.92 Å². The first-order valence-electron chi connectivity index (χ1n) is 8.92. The van der Waals surface area contributed by atoms with E-state index in [4.69, 9.17) is 9.47 Å². The van der Waals surface area contributed by atoms with Crippen LogP contribution in [0.1, 0.15) is 46.0 Å². The van der Waals surface area contributed by atoms with Crippen molar-refractivity contribution in [2.45, 2.75) is 64.3 Å². The number of hydrogen-bond donors (Lipinski definition) is 0. The van der Waals surface area contributed by atoms with Gasteiger partial charge in [0.1, 0.15) is 0 Å². The molecule has 0 radical (unpaired) electrons. The first-order chi connectivity index (χ1) is 10.6. The van der Waals surface area contributed by atoms with Crippen molar-refractivity contribution in [1.29, 1.82) is 0 Å². The lowest BCUT2D eigenvalue weighted by Crippen LogP contribution is -2.52. The topological polar surface area (TPSA) is 42.0 Å². The van der Waals surface area contributed by atoms with Crippen LogP contribution in [-0.2, 0) is 14.3 Å². The molecular weight excluding hydrogens is 280 g/mol. The molecule has 5 heteroatoms. The summed E-state index contributed by atoms with van der Waals surface area (Å²) in [5, 5.41) is 0. The lowest BCUT2D eigenvalue weighted by molar-refractivity contribution is -0.140. The molecule has 0 aromatic carbocycles. The molecule has 0 aliphatic carbocycles. The standard InChI is InChI=1S/C17H30N2O3/c1-13-5-3-6-14(2)19(13)16(20)12-18-8-4-7-15(11-18)17-21-9-10-22-17/h13-15,17H,3-12H2,1-2H3/t13-,14-,15-/m1/s1. The third kappa shape index (κ3) is 3.63. The average Bonchev–Trinajstić information content (AvgIpc) is 3.01. The number of amides is 1. The number of rotatable bonds is 3. The van der Waals surface area contributed by atoms with Gasteiger partial charge in [-0.15, -0.1) is 0 Å². The Kier molecular flexibility index (Phi) is 5.37. The Hall–Kier alpha value is -0.650. The second-order valence-electron chi connectivity index (χ2n) is 7.18. The SMILES string of the molecule is C[C@@H]1CCC[C@@H](C)N1C(=O)CN1CCC[C@@H](C2OCCO2)C1. The summed E-state index contributed by atoms with van der Waals surface area (Å²) in [7, 11) is 0. The monoisotopic (exact) mass is 310 g/mol. The van der Waals surface area contributed by atoms with Crippen molar-refractivity contribution in [2.75, 3.05) is 32.8 Å². The van der Waals surface area contributed by atoms with Crippen molar-refractivity contribution >= 4 is 5.91 Å². The van der Waals surface area contributed by atoms with Gasteiger partial charge in [0, 0.05) is 24.5 Å². The van der Waals surface area contributed by atoms with Gasteiger partial charge in [0.05, 0.1) is 19.8 Å². The van der Waals surface area contributed by atoms with Gasteiger partial charge in [0.25, 0.3) is 0 Å². The van der Waals surface area contributed by atoms with Crippen molar-refractivity contribution < 1.29 is 14.3 Å². The molecule has 1 amide bonds. The maximum Gasteiger partial charge on any atom is 0.237 e. The van der Waals surface area contributed by atoms with Crippen LogP contribution >= 0.6 is 0 Å². The molecule has 0 spiro atoms. The Morgan fingerprint density at radius 3 is 2.41 bits per heavy atom. The van der Waals surface area contributed by atoms with Crippen LogP contribution in [0.25, 0.3) is 0 Å². The molecule has 22 heavy (non-hydrogen) atoms. The van der Waals surface area contributed by atoms with Gasteiger partial charge < -0.3 is 14.4 Å². The van der Waals surface area contributed by atoms with E-state index in [1.807, 2.05) is 0 Å². The highest BCUT2D eigenvalue weighted by Gasteiger charge is 2.34. The van der Waals surface area contributed by atoms with E-state index in [0.717, 1.165) is 38.8 Å². The van der Waals surface area contributed by atoms with Gasteiger partial charge in [-0.3, -0.25) is 9.69 Å². The largest absolute Gasteiger partial charge is 0.350 e. The predicted octanol–water partition coefficient (Wildman–Crippen LogP) is 1.86. The maximum atomic E-state index is 12.7. The molecule has 0 N–H and O–H groups in total. The number of carbonyl (C=O) groups excluding carboxylic acids is 1. The molecule has 3 saturated heterocycles. The highest BCUT2D eigenvalue weighted by Crippen LogP contribution is 2.26. The minimum absolute atomic E-state index is 0.0502. The maximum absolute atomic E-state index is 12.7. The van der Waals surface area contributed by atoms with Gasteiger partial charge in [-0.2, -0.15) is 0 Å². The predicted molar refractivity (Wildman–Crippen MR) is 84.5 cm³/mol. The normalized spacial score (nSPS) is 35.0. The Labute approximate surface area is 133 Å². The summed E-state index contributed by atoms with van der Waals surface area (Å²) in [5.74, 6) is 0.717. The van der Waals surface area contributed by atoms with Crippen LogP contribution in [0.3, 0.4) is 0 Å². The number of ether oxygens (including phenoxy) is 2. The summed E-state index contributed by atoms with van der Waals surface area (Å²) < 4.78 is 11.3. The summed E-state index contributed by atoms with van der Waals surface area (Å²) in [5.41, 5.74) is 0. The minimum Gasteiger partial charge on any atom is -0.350 e. The second kappa shape index (κ2) is 7.28. The average molecular weight is 310 g/mol. The van der Waals surface area contributed by atoms with Gasteiger partial charge in [0.2, 0.25) is 5.91 Å². The van der Waals surface area contributed by atoms with E-state index in [1.165, 1.54) is 6.42 Å². The Balaban J connectivity index is 1.54. The van der Waals surface area contributed by atoms with Crippen molar-refractivity contribution in [1.82, 2.24) is 9.80 Å². The van der Waals surface area contributed by atoms with Crippen LogP contribution < -0.4 is 0 Å². The molecule has 3 fully saturated rings. The summed E-state index contributed by atoms with van der Waals surface area (Å²) in [6.45, 7) is 8.29. The third-order valence-electron chi connectivity index (χ3n) is 5.41. The fourth-order valence-electron chi connectivity index (χ4n) is 4.29. The molecule has 0 bridgehead atoms. The van der Waals surface area contributed by atoms with E-state index in [2.05, 4.69) is 23.6 Å². The minimum atomic E-state index is -0.0502. The zero-order chi connectivity index (χ0) is 15.5.